The number of carbonyl (C=O) groups is 3. The summed E-state index contributed by atoms with van der Waals surface area (Å²) in [5.41, 5.74) is 3.64. The minimum atomic E-state index is -5.08. The van der Waals surface area contributed by atoms with Gasteiger partial charge in [0.2, 0.25) is 0 Å². The van der Waals surface area contributed by atoms with E-state index in [1.807, 2.05) is 42.2 Å². The maximum atomic E-state index is 13.2. The number of fused-ring (bicyclic) bond motifs is 1. The van der Waals surface area contributed by atoms with E-state index in [4.69, 9.17) is 19.6 Å². The van der Waals surface area contributed by atoms with Crippen LogP contribution >= 0.6 is 0 Å². The standard InChI is InChI=1S/C30H30N4O5.C2HF3O2/c1-18-17-34(19(2)16-31-18)29(36)21-9-11-22(12-10-21)32-27(20-7-5-4-6-8-20)26-24-14-13-23(39-30(37)38-3)15-25(24)33-28(26)35;3-2(4,5)1(6)7/h4-15,18-19,31,33,35H,16-17H2,1-3H3;(H,6,7)/t18-,19+;/m0./s1. The molecular weight excluding hydrogens is 609 g/mol. The number of aliphatic imine (C=N–C) groups is 1. The van der Waals surface area contributed by atoms with Crippen LogP contribution in [-0.2, 0) is 9.53 Å². The lowest BCUT2D eigenvalue weighted by Gasteiger charge is -2.37. The summed E-state index contributed by atoms with van der Waals surface area (Å²) in [5, 5.41) is 22.2. The number of hydrogen-bond donors (Lipinski definition) is 4. The highest BCUT2D eigenvalue weighted by atomic mass is 19.4. The van der Waals surface area contributed by atoms with Crippen molar-refractivity contribution >= 4 is 40.3 Å². The predicted octanol–water partition coefficient (Wildman–Crippen LogP) is 5.64. The number of nitrogens with one attached hydrogen (secondary N) is 2. The molecule has 1 amide bonds. The molecular formula is C32H31F3N4O7. The van der Waals surface area contributed by atoms with Crippen molar-refractivity contribution in [1.29, 1.82) is 0 Å². The second-order valence-electron chi connectivity index (χ2n) is 10.4. The smallest absolute Gasteiger partial charge is 0.494 e. The summed E-state index contributed by atoms with van der Waals surface area (Å²) in [6.45, 7) is 5.53. The number of alkyl halides is 3. The summed E-state index contributed by atoms with van der Waals surface area (Å²) in [7, 11) is 1.23. The first-order valence-electron chi connectivity index (χ1n) is 14.0. The first-order chi connectivity index (χ1) is 21.8. The fraction of sp³-hybridized carbons (Fsp3) is 0.250. The molecule has 3 aromatic carbocycles. The van der Waals surface area contributed by atoms with E-state index in [9.17, 15) is 27.9 Å². The van der Waals surface area contributed by atoms with Crippen molar-refractivity contribution in [2.24, 2.45) is 4.99 Å². The van der Waals surface area contributed by atoms with Gasteiger partial charge in [0, 0.05) is 47.8 Å². The maximum absolute atomic E-state index is 13.2. The van der Waals surface area contributed by atoms with Crippen LogP contribution in [0.25, 0.3) is 10.9 Å². The van der Waals surface area contributed by atoms with Gasteiger partial charge in [0.1, 0.15) is 5.75 Å². The molecule has 1 aliphatic rings. The zero-order chi connectivity index (χ0) is 33.6. The van der Waals surface area contributed by atoms with E-state index < -0.39 is 18.3 Å². The number of hydrogen-bond acceptors (Lipinski definition) is 8. The lowest BCUT2D eigenvalue weighted by atomic mass is 10.0. The van der Waals surface area contributed by atoms with Crippen molar-refractivity contribution in [2.75, 3.05) is 20.2 Å². The molecule has 1 aromatic heterocycles. The van der Waals surface area contributed by atoms with Crippen molar-refractivity contribution in [3.63, 3.8) is 0 Å². The zero-order valence-corrected chi connectivity index (χ0v) is 25.0. The second kappa shape index (κ2) is 14.2. The van der Waals surface area contributed by atoms with Crippen molar-refractivity contribution < 1.29 is 47.2 Å². The average molecular weight is 641 g/mol. The molecule has 0 aliphatic carbocycles. The van der Waals surface area contributed by atoms with Gasteiger partial charge in [-0.3, -0.25) is 4.79 Å². The summed E-state index contributed by atoms with van der Waals surface area (Å²) >= 11 is 0. The van der Waals surface area contributed by atoms with E-state index in [1.54, 1.807) is 42.5 Å². The van der Waals surface area contributed by atoms with Gasteiger partial charge in [-0.25, -0.2) is 14.6 Å². The molecule has 0 bridgehead atoms. The van der Waals surface area contributed by atoms with Crippen LogP contribution in [0.15, 0.2) is 77.8 Å². The highest BCUT2D eigenvalue weighted by molar-refractivity contribution is 6.22. The Balaban J connectivity index is 0.000000617. The van der Waals surface area contributed by atoms with Gasteiger partial charge in [-0.2, -0.15) is 13.2 Å². The Morgan fingerprint density at radius 3 is 2.24 bits per heavy atom. The molecule has 1 fully saturated rings. The fourth-order valence-electron chi connectivity index (χ4n) is 4.74. The van der Waals surface area contributed by atoms with Crippen molar-refractivity contribution in [2.45, 2.75) is 32.1 Å². The number of ether oxygens (including phenoxy) is 2. The van der Waals surface area contributed by atoms with E-state index in [0.717, 1.165) is 12.1 Å². The van der Waals surface area contributed by atoms with Gasteiger partial charge in [-0.1, -0.05) is 30.3 Å². The molecule has 0 spiro atoms. The zero-order valence-electron chi connectivity index (χ0n) is 25.0. The van der Waals surface area contributed by atoms with Crippen LogP contribution in [0.2, 0.25) is 0 Å². The van der Waals surface area contributed by atoms with Crippen LogP contribution in [0.4, 0.5) is 23.7 Å². The number of aromatic nitrogens is 1. The van der Waals surface area contributed by atoms with Crippen molar-refractivity contribution in [1.82, 2.24) is 15.2 Å². The highest BCUT2D eigenvalue weighted by Gasteiger charge is 2.38. The third kappa shape index (κ3) is 8.01. The summed E-state index contributed by atoms with van der Waals surface area (Å²) < 4.78 is 41.4. The van der Waals surface area contributed by atoms with Crippen LogP contribution in [0.3, 0.4) is 0 Å². The monoisotopic (exact) mass is 640 g/mol. The number of aliphatic carboxylic acids is 1. The number of halogens is 3. The molecule has 0 unspecified atom stereocenters. The molecule has 4 aromatic rings. The summed E-state index contributed by atoms with van der Waals surface area (Å²) in [5.74, 6) is -2.56. The van der Waals surface area contributed by atoms with Crippen LogP contribution in [0.5, 0.6) is 11.6 Å². The first-order valence-corrected chi connectivity index (χ1v) is 14.0. The number of piperazine rings is 1. The normalized spacial score (nSPS) is 16.7. The lowest BCUT2D eigenvalue weighted by Crippen LogP contribution is -2.56. The van der Waals surface area contributed by atoms with Gasteiger partial charge < -0.3 is 34.9 Å². The number of aromatic hydroxyl groups is 1. The van der Waals surface area contributed by atoms with Crippen LogP contribution < -0.4 is 10.1 Å². The largest absolute Gasteiger partial charge is 0.513 e. The third-order valence-corrected chi connectivity index (χ3v) is 7.02. The number of amides is 1. The minimum absolute atomic E-state index is 0.00564. The van der Waals surface area contributed by atoms with Gasteiger partial charge in [0.05, 0.1) is 29.6 Å². The molecule has 1 saturated heterocycles. The van der Waals surface area contributed by atoms with Crippen LogP contribution in [0.1, 0.15) is 35.3 Å². The Morgan fingerprint density at radius 2 is 1.63 bits per heavy atom. The van der Waals surface area contributed by atoms with E-state index >= 15 is 0 Å². The van der Waals surface area contributed by atoms with Gasteiger partial charge >= 0.3 is 18.3 Å². The van der Waals surface area contributed by atoms with Crippen LogP contribution in [0, 0.1) is 0 Å². The topological polar surface area (TPSA) is 154 Å². The number of carboxylic acids is 1. The Hall–Kier alpha value is -5.37. The number of carbonyl (C=O) groups excluding carboxylic acids is 2. The minimum Gasteiger partial charge on any atom is -0.494 e. The van der Waals surface area contributed by atoms with Crippen molar-refractivity contribution in [3.8, 4) is 11.6 Å². The number of methoxy groups -OCH3 is 1. The molecule has 0 radical (unpaired) electrons. The summed E-state index contributed by atoms with van der Waals surface area (Å²) in [4.78, 5) is 43.4. The fourth-order valence-corrected chi connectivity index (χ4v) is 4.74. The van der Waals surface area contributed by atoms with Crippen LogP contribution in [-0.4, -0.2) is 82.3 Å². The number of nitrogens with zero attached hydrogens (tertiary/aromatic N) is 2. The molecule has 14 heteroatoms. The van der Waals surface area contributed by atoms with Gasteiger partial charge in [-0.15, -0.1) is 0 Å². The number of carboxylic acid groups (broad SMARTS) is 1. The molecule has 242 valence electrons. The highest BCUT2D eigenvalue weighted by Crippen LogP contribution is 2.33. The number of aromatic amines is 1. The molecule has 1 aliphatic heterocycles. The Labute approximate surface area is 261 Å². The molecule has 2 heterocycles. The Morgan fingerprint density at radius 1 is 0.978 bits per heavy atom. The second-order valence-corrected chi connectivity index (χ2v) is 10.4. The number of benzene rings is 3. The lowest BCUT2D eigenvalue weighted by molar-refractivity contribution is -0.192. The van der Waals surface area contributed by atoms with E-state index in [-0.39, 0.29) is 29.6 Å². The average Bonchev–Trinajstić information content (AvgIpc) is 3.35. The molecule has 11 nitrogen and oxygen atoms in total. The van der Waals surface area contributed by atoms with Crippen molar-refractivity contribution in [3.05, 3.63) is 89.5 Å². The molecule has 5 rings (SSSR count). The summed E-state index contributed by atoms with van der Waals surface area (Å²) in [6.07, 6.45) is -5.92. The Bertz CT molecular complexity index is 1740. The molecule has 2 atom stereocenters. The number of rotatable bonds is 5. The molecule has 0 saturated carbocycles. The molecule has 4 N–H and O–H groups in total. The first kappa shape index (κ1) is 33.5. The quantitative estimate of drug-likeness (QED) is 0.124. The SMILES string of the molecule is COC(=O)Oc1ccc2c(C(=Nc3ccc(C(=O)N4C[C@H](C)NC[C@H]4C)cc3)c3ccccc3)c(O)[nH]c2c1.O=C(O)C(F)(F)F. The van der Waals surface area contributed by atoms with Gasteiger partial charge in [0.15, 0.2) is 5.88 Å². The Kier molecular flexibility index (Phi) is 10.3. The van der Waals surface area contributed by atoms with E-state index in [2.05, 4.69) is 22.0 Å². The maximum Gasteiger partial charge on any atom is 0.513 e. The third-order valence-electron chi connectivity index (χ3n) is 7.02. The van der Waals surface area contributed by atoms with E-state index in [1.165, 1.54) is 7.11 Å². The van der Waals surface area contributed by atoms with E-state index in [0.29, 0.717) is 40.0 Å². The predicted molar refractivity (Wildman–Crippen MR) is 163 cm³/mol. The number of H-pyrrole nitrogens is 1. The molecule has 46 heavy (non-hydrogen) atoms. The van der Waals surface area contributed by atoms with Gasteiger partial charge in [-0.05, 0) is 50.2 Å². The van der Waals surface area contributed by atoms with Gasteiger partial charge in [0.25, 0.3) is 5.91 Å². The summed E-state index contributed by atoms with van der Waals surface area (Å²) in [6, 6.07) is 22.0.